The largest absolute Gasteiger partial charge is 0.495 e. The van der Waals surface area contributed by atoms with E-state index in [1.807, 2.05) is 0 Å². The summed E-state index contributed by atoms with van der Waals surface area (Å²) < 4.78 is 54.1. The Morgan fingerprint density at radius 3 is 2.36 bits per heavy atom. The zero-order valence-electron chi connectivity index (χ0n) is 18.8. The van der Waals surface area contributed by atoms with E-state index >= 15 is 0 Å². The Bertz CT molecular complexity index is 1280. The molecule has 0 aliphatic carbocycles. The zero-order chi connectivity index (χ0) is 24.4. The molecule has 0 spiro atoms. The van der Waals surface area contributed by atoms with Gasteiger partial charge >= 0.3 is 0 Å². The van der Waals surface area contributed by atoms with E-state index in [4.69, 9.17) is 9.47 Å². The smallest absolute Gasteiger partial charge is 0.273 e. The third kappa shape index (κ3) is 5.80. The van der Waals surface area contributed by atoms with Crippen LogP contribution in [0.2, 0.25) is 0 Å². The highest BCUT2D eigenvalue weighted by molar-refractivity contribution is 7.92. The highest BCUT2D eigenvalue weighted by atomic mass is 32.2. The van der Waals surface area contributed by atoms with Gasteiger partial charge in [-0.3, -0.25) is 14.2 Å². The molecule has 0 radical (unpaired) electrons. The van der Waals surface area contributed by atoms with E-state index in [1.54, 1.807) is 20.0 Å². The molecule has 0 saturated heterocycles. The second-order valence-corrected chi connectivity index (χ2v) is 9.36. The first-order valence-corrected chi connectivity index (χ1v) is 11.4. The first-order valence-electron chi connectivity index (χ1n) is 9.88. The number of halogens is 1. The Morgan fingerprint density at radius 2 is 1.79 bits per heavy atom. The lowest BCUT2D eigenvalue weighted by Crippen LogP contribution is -2.21. The molecule has 0 fully saturated rings. The molecule has 176 valence electrons. The van der Waals surface area contributed by atoms with Crippen molar-refractivity contribution >= 4 is 27.3 Å². The summed E-state index contributed by atoms with van der Waals surface area (Å²) in [6.45, 7) is 4.23. The molecule has 1 amide bonds. The van der Waals surface area contributed by atoms with Crippen LogP contribution in [0.3, 0.4) is 0 Å². The predicted octanol–water partition coefficient (Wildman–Crippen LogP) is 3.87. The topological polar surface area (TPSA) is 112 Å². The van der Waals surface area contributed by atoms with Crippen molar-refractivity contribution in [1.82, 2.24) is 9.78 Å². The number of amides is 1. The van der Waals surface area contributed by atoms with Crippen molar-refractivity contribution in [2.24, 2.45) is 7.05 Å². The van der Waals surface area contributed by atoms with Crippen molar-refractivity contribution in [2.75, 3.05) is 17.1 Å². The van der Waals surface area contributed by atoms with Gasteiger partial charge in [0.05, 0.1) is 7.11 Å². The molecule has 0 bridgehead atoms. The van der Waals surface area contributed by atoms with E-state index < -0.39 is 21.8 Å². The van der Waals surface area contributed by atoms with Crippen LogP contribution in [0.15, 0.2) is 53.6 Å². The standard InChI is InChI=1S/C22H25FN4O5S/c1-14-12-16(6-8-18(14)32-22(2,3)23)26-33(29,30)20-9-7-15(13-19(20)31-5)25-21(28)17-10-11-24-27(17)4/h6-13,26H,1-5H3,(H,25,28). The van der Waals surface area contributed by atoms with Crippen molar-refractivity contribution in [3.05, 3.63) is 59.9 Å². The second kappa shape index (κ2) is 9.10. The van der Waals surface area contributed by atoms with Crippen LogP contribution in [-0.4, -0.2) is 37.1 Å². The van der Waals surface area contributed by atoms with E-state index in [2.05, 4.69) is 15.1 Å². The monoisotopic (exact) mass is 476 g/mol. The molecule has 1 heterocycles. The summed E-state index contributed by atoms with van der Waals surface area (Å²) in [4.78, 5) is 12.3. The minimum atomic E-state index is -4.03. The van der Waals surface area contributed by atoms with Crippen LogP contribution >= 0.6 is 0 Å². The normalized spacial score (nSPS) is 11.7. The van der Waals surface area contributed by atoms with Crippen LogP contribution < -0.4 is 19.5 Å². The quantitative estimate of drug-likeness (QED) is 0.511. The summed E-state index contributed by atoms with van der Waals surface area (Å²) in [5.41, 5.74) is 1.52. The van der Waals surface area contributed by atoms with Crippen LogP contribution in [0.4, 0.5) is 15.8 Å². The van der Waals surface area contributed by atoms with Crippen molar-refractivity contribution in [3.8, 4) is 11.5 Å². The average Bonchev–Trinajstić information content (AvgIpc) is 3.14. The van der Waals surface area contributed by atoms with E-state index in [-0.39, 0.29) is 16.3 Å². The molecule has 0 saturated carbocycles. The van der Waals surface area contributed by atoms with Gasteiger partial charge in [0, 0.05) is 44.5 Å². The van der Waals surface area contributed by atoms with Gasteiger partial charge < -0.3 is 14.8 Å². The first kappa shape index (κ1) is 24.1. The fraction of sp³-hybridized carbons (Fsp3) is 0.273. The number of benzene rings is 2. The number of hydrogen-bond donors (Lipinski definition) is 2. The second-order valence-electron chi connectivity index (χ2n) is 7.71. The molecule has 33 heavy (non-hydrogen) atoms. The molecule has 0 aliphatic heterocycles. The van der Waals surface area contributed by atoms with Gasteiger partial charge in [0.25, 0.3) is 15.9 Å². The summed E-state index contributed by atoms with van der Waals surface area (Å²) >= 11 is 0. The van der Waals surface area contributed by atoms with Gasteiger partial charge in [0.15, 0.2) is 0 Å². The maximum Gasteiger partial charge on any atom is 0.273 e. The summed E-state index contributed by atoms with van der Waals surface area (Å²) in [5.74, 6) is -1.93. The third-order valence-corrected chi connectivity index (χ3v) is 5.97. The lowest BCUT2D eigenvalue weighted by Gasteiger charge is -2.19. The lowest BCUT2D eigenvalue weighted by molar-refractivity contribution is -0.0262. The van der Waals surface area contributed by atoms with Crippen molar-refractivity contribution in [1.29, 1.82) is 0 Å². The Labute approximate surface area is 191 Å². The number of carbonyl (C=O) groups is 1. The molecular weight excluding hydrogens is 451 g/mol. The van der Waals surface area contributed by atoms with Gasteiger partial charge in [0.2, 0.25) is 5.85 Å². The molecule has 0 aliphatic rings. The number of sulfonamides is 1. The molecule has 11 heteroatoms. The number of aryl methyl sites for hydroxylation is 2. The van der Waals surface area contributed by atoms with Crippen LogP contribution in [-0.2, 0) is 17.1 Å². The number of rotatable bonds is 8. The van der Waals surface area contributed by atoms with Crippen LogP contribution in [0, 0.1) is 6.92 Å². The number of carbonyl (C=O) groups excluding carboxylic acids is 1. The number of hydrogen-bond acceptors (Lipinski definition) is 6. The molecule has 3 aromatic rings. The molecular formula is C22H25FN4O5S. The Morgan fingerprint density at radius 1 is 1.09 bits per heavy atom. The summed E-state index contributed by atoms with van der Waals surface area (Å²) in [6.07, 6.45) is 1.50. The van der Waals surface area contributed by atoms with Gasteiger partial charge in [-0.2, -0.15) is 9.49 Å². The van der Waals surface area contributed by atoms with Gasteiger partial charge in [-0.05, 0) is 48.9 Å². The number of ether oxygens (including phenoxy) is 2. The third-order valence-electron chi connectivity index (χ3n) is 4.54. The molecule has 0 atom stereocenters. The first-order chi connectivity index (χ1) is 15.4. The predicted molar refractivity (Wildman–Crippen MR) is 122 cm³/mol. The van der Waals surface area contributed by atoms with Crippen LogP contribution in [0.1, 0.15) is 29.9 Å². The Kier molecular flexibility index (Phi) is 6.63. The van der Waals surface area contributed by atoms with Gasteiger partial charge in [0.1, 0.15) is 22.1 Å². The molecule has 0 unspecified atom stereocenters. The highest BCUT2D eigenvalue weighted by Crippen LogP contribution is 2.31. The van der Waals surface area contributed by atoms with E-state index in [0.29, 0.717) is 22.7 Å². The number of methoxy groups -OCH3 is 1. The zero-order valence-corrected chi connectivity index (χ0v) is 19.7. The number of alkyl halides is 1. The fourth-order valence-electron chi connectivity index (χ4n) is 3.06. The van der Waals surface area contributed by atoms with Crippen molar-refractivity contribution < 1.29 is 27.1 Å². The van der Waals surface area contributed by atoms with Crippen LogP contribution in [0.25, 0.3) is 0 Å². The van der Waals surface area contributed by atoms with Crippen LogP contribution in [0.5, 0.6) is 11.5 Å². The van der Waals surface area contributed by atoms with Gasteiger partial charge in [-0.25, -0.2) is 8.42 Å². The Hall–Kier alpha value is -3.60. The van der Waals surface area contributed by atoms with Gasteiger partial charge in [-0.15, -0.1) is 0 Å². The average molecular weight is 477 g/mol. The van der Waals surface area contributed by atoms with Crippen molar-refractivity contribution in [3.63, 3.8) is 0 Å². The molecule has 1 aromatic heterocycles. The maximum absolute atomic E-state index is 13.8. The highest BCUT2D eigenvalue weighted by Gasteiger charge is 2.22. The minimum Gasteiger partial charge on any atom is -0.495 e. The summed E-state index contributed by atoms with van der Waals surface area (Å²) in [7, 11) is -1.07. The SMILES string of the molecule is COc1cc(NC(=O)c2ccnn2C)ccc1S(=O)(=O)Nc1ccc(OC(C)(C)F)c(C)c1. The molecule has 2 aromatic carbocycles. The van der Waals surface area contributed by atoms with E-state index in [0.717, 1.165) is 0 Å². The number of aromatic nitrogens is 2. The molecule has 9 nitrogen and oxygen atoms in total. The van der Waals surface area contributed by atoms with E-state index in [1.165, 1.54) is 68.2 Å². The minimum absolute atomic E-state index is 0.0427. The Balaban J connectivity index is 1.82. The number of nitrogens with zero attached hydrogens (tertiary/aromatic N) is 2. The summed E-state index contributed by atoms with van der Waals surface area (Å²) in [5, 5.41) is 6.63. The molecule has 2 N–H and O–H groups in total. The van der Waals surface area contributed by atoms with E-state index in [9.17, 15) is 17.6 Å². The number of anilines is 2. The fourth-order valence-corrected chi connectivity index (χ4v) is 4.26. The lowest BCUT2D eigenvalue weighted by atomic mass is 10.2. The summed E-state index contributed by atoms with van der Waals surface area (Å²) in [6, 6.07) is 10.3. The van der Waals surface area contributed by atoms with Crippen molar-refractivity contribution in [2.45, 2.75) is 31.5 Å². The molecule has 3 rings (SSSR count). The number of nitrogens with one attached hydrogen (secondary N) is 2. The van der Waals surface area contributed by atoms with Gasteiger partial charge in [-0.1, -0.05) is 0 Å². The maximum atomic E-state index is 13.8.